The molecule has 18 heavy (non-hydrogen) atoms. The van der Waals surface area contributed by atoms with Crippen molar-refractivity contribution < 1.29 is 13.9 Å². The Morgan fingerprint density at radius 1 is 1.33 bits per heavy atom. The molecule has 0 aliphatic heterocycles. The van der Waals surface area contributed by atoms with E-state index in [-0.39, 0.29) is 30.3 Å². The highest BCUT2D eigenvalue weighted by Crippen LogP contribution is 2.27. The van der Waals surface area contributed by atoms with Crippen molar-refractivity contribution in [2.75, 3.05) is 11.4 Å². The summed E-state index contributed by atoms with van der Waals surface area (Å²) in [6, 6.07) is 4.06. The van der Waals surface area contributed by atoms with Crippen LogP contribution in [0.1, 0.15) is 25.8 Å². The van der Waals surface area contributed by atoms with Crippen LogP contribution in [-0.4, -0.2) is 17.7 Å². The van der Waals surface area contributed by atoms with Gasteiger partial charge < -0.3 is 10.0 Å². The topological polar surface area (TPSA) is 47.3 Å². The molecule has 0 atom stereocenters. The van der Waals surface area contributed by atoms with E-state index in [9.17, 15) is 8.78 Å². The molecule has 0 aromatic heterocycles. The van der Waals surface area contributed by atoms with Gasteiger partial charge in [-0.05, 0) is 31.5 Å². The second-order valence-corrected chi connectivity index (χ2v) is 4.26. The number of hydrogen-bond donors (Lipinski definition) is 1. The van der Waals surface area contributed by atoms with Crippen LogP contribution in [0.25, 0.3) is 0 Å². The van der Waals surface area contributed by atoms with Crippen LogP contribution in [0.4, 0.5) is 14.5 Å². The Morgan fingerprint density at radius 2 is 1.89 bits per heavy atom. The predicted molar refractivity (Wildman–Crippen MR) is 65.0 cm³/mol. The molecule has 0 radical (unpaired) electrons. The molecule has 98 valence electrons. The maximum Gasteiger partial charge on any atom is 0.149 e. The zero-order valence-corrected chi connectivity index (χ0v) is 10.5. The van der Waals surface area contributed by atoms with E-state index in [0.29, 0.717) is 0 Å². The fourth-order valence-electron chi connectivity index (χ4n) is 1.78. The number of rotatable bonds is 5. The lowest BCUT2D eigenvalue weighted by Crippen LogP contribution is -2.33. The Bertz CT molecular complexity index is 432. The summed E-state index contributed by atoms with van der Waals surface area (Å²) < 4.78 is 27.7. The van der Waals surface area contributed by atoms with Crippen molar-refractivity contribution in [1.29, 1.82) is 5.26 Å². The van der Waals surface area contributed by atoms with Gasteiger partial charge in [0.05, 0.1) is 19.1 Å². The Kier molecular flexibility index (Phi) is 5.05. The molecule has 0 aliphatic carbocycles. The number of benzene rings is 1. The molecule has 1 rings (SSSR count). The molecule has 1 N–H and O–H groups in total. The van der Waals surface area contributed by atoms with Gasteiger partial charge >= 0.3 is 0 Å². The minimum Gasteiger partial charge on any atom is -0.392 e. The minimum atomic E-state index is -0.717. The first kappa shape index (κ1) is 14.4. The van der Waals surface area contributed by atoms with E-state index in [1.54, 1.807) is 13.8 Å². The molecule has 0 unspecified atom stereocenters. The fourth-order valence-corrected chi connectivity index (χ4v) is 1.78. The third kappa shape index (κ3) is 3.17. The molecule has 1 aromatic carbocycles. The number of aliphatic hydroxyl groups is 1. The van der Waals surface area contributed by atoms with Gasteiger partial charge in [0.1, 0.15) is 17.3 Å². The van der Waals surface area contributed by atoms with Crippen molar-refractivity contribution in [3.63, 3.8) is 0 Å². The van der Waals surface area contributed by atoms with E-state index < -0.39 is 18.2 Å². The molecule has 0 fully saturated rings. The lowest BCUT2D eigenvalue weighted by atomic mass is 10.1. The summed E-state index contributed by atoms with van der Waals surface area (Å²) in [5, 5.41) is 17.4. The van der Waals surface area contributed by atoms with Gasteiger partial charge in [-0.1, -0.05) is 0 Å². The van der Waals surface area contributed by atoms with Crippen LogP contribution >= 0.6 is 0 Å². The Labute approximate surface area is 105 Å². The van der Waals surface area contributed by atoms with Crippen LogP contribution in [0.15, 0.2) is 12.1 Å². The maximum absolute atomic E-state index is 13.9. The number of nitriles is 1. The van der Waals surface area contributed by atoms with Crippen LogP contribution < -0.4 is 4.90 Å². The largest absolute Gasteiger partial charge is 0.392 e. The quantitative estimate of drug-likeness (QED) is 0.878. The van der Waals surface area contributed by atoms with Gasteiger partial charge in [0.15, 0.2) is 0 Å². The first-order valence-electron chi connectivity index (χ1n) is 5.73. The summed E-state index contributed by atoms with van der Waals surface area (Å²) >= 11 is 0. The fraction of sp³-hybridized carbons (Fsp3) is 0.462. The molecule has 0 aliphatic rings. The molecular formula is C13H16F2N2O. The molecule has 0 saturated heterocycles. The lowest BCUT2D eigenvalue weighted by Gasteiger charge is -2.29. The van der Waals surface area contributed by atoms with Crippen molar-refractivity contribution in [2.24, 2.45) is 0 Å². The third-order valence-electron chi connectivity index (χ3n) is 2.63. The minimum absolute atomic E-state index is 0.123. The monoisotopic (exact) mass is 254 g/mol. The van der Waals surface area contributed by atoms with Gasteiger partial charge in [0.25, 0.3) is 0 Å². The third-order valence-corrected chi connectivity index (χ3v) is 2.63. The smallest absolute Gasteiger partial charge is 0.149 e. The molecule has 0 bridgehead atoms. The van der Waals surface area contributed by atoms with Gasteiger partial charge in [-0.25, -0.2) is 8.78 Å². The van der Waals surface area contributed by atoms with E-state index in [1.807, 2.05) is 6.07 Å². The summed E-state index contributed by atoms with van der Waals surface area (Å²) in [4.78, 5) is 1.51. The van der Waals surface area contributed by atoms with Gasteiger partial charge in [0.2, 0.25) is 0 Å². The Morgan fingerprint density at radius 3 is 2.28 bits per heavy atom. The standard InChI is InChI=1S/C13H16F2N2O/c1-9(2)17(5-3-4-16)13-11(14)6-10(8-18)7-12(13)15/h6-7,9,18H,3,5,8H2,1-2H3. The van der Waals surface area contributed by atoms with Gasteiger partial charge in [-0.15, -0.1) is 0 Å². The van der Waals surface area contributed by atoms with Crippen LogP contribution in [0.3, 0.4) is 0 Å². The average Bonchev–Trinajstić information content (AvgIpc) is 2.31. The molecular weight excluding hydrogens is 238 g/mol. The SMILES string of the molecule is CC(C)N(CCC#N)c1c(F)cc(CO)cc1F. The molecule has 0 saturated carbocycles. The van der Waals surface area contributed by atoms with E-state index in [4.69, 9.17) is 10.4 Å². The highest BCUT2D eigenvalue weighted by molar-refractivity contribution is 5.51. The predicted octanol–water partition coefficient (Wildman–Crippen LogP) is 2.59. The highest BCUT2D eigenvalue weighted by atomic mass is 19.1. The van der Waals surface area contributed by atoms with E-state index in [2.05, 4.69) is 0 Å². The normalized spacial score (nSPS) is 10.5. The molecule has 5 heteroatoms. The Hall–Kier alpha value is -1.67. The summed E-state index contributed by atoms with van der Waals surface area (Å²) in [6.07, 6.45) is 0.193. The number of nitrogens with zero attached hydrogens (tertiary/aromatic N) is 2. The van der Waals surface area contributed by atoms with Crippen LogP contribution in [0.2, 0.25) is 0 Å². The molecule has 0 heterocycles. The molecule has 0 amide bonds. The van der Waals surface area contributed by atoms with E-state index in [0.717, 1.165) is 12.1 Å². The first-order valence-corrected chi connectivity index (χ1v) is 5.73. The van der Waals surface area contributed by atoms with Crippen molar-refractivity contribution in [3.05, 3.63) is 29.3 Å². The Balaban J connectivity index is 3.16. The summed E-state index contributed by atoms with van der Waals surface area (Å²) in [5.74, 6) is -1.43. The number of aliphatic hydroxyl groups excluding tert-OH is 1. The van der Waals surface area contributed by atoms with Crippen molar-refractivity contribution in [2.45, 2.75) is 32.9 Å². The van der Waals surface area contributed by atoms with Gasteiger partial charge in [0, 0.05) is 12.6 Å². The van der Waals surface area contributed by atoms with Crippen molar-refractivity contribution in [1.82, 2.24) is 0 Å². The lowest BCUT2D eigenvalue weighted by molar-refractivity contribution is 0.280. The van der Waals surface area contributed by atoms with Crippen molar-refractivity contribution >= 4 is 5.69 Å². The number of anilines is 1. The van der Waals surface area contributed by atoms with Gasteiger partial charge in [-0.2, -0.15) is 5.26 Å². The molecule has 1 aromatic rings. The van der Waals surface area contributed by atoms with Crippen LogP contribution in [0, 0.1) is 23.0 Å². The first-order chi connectivity index (χ1) is 8.51. The second kappa shape index (κ2) is 6.31. The summed E-state index contributed by atoms with van der Waals surface area (Å²) in [7, 11) is 0. The number of halogens is 2. The molecule has 3 nitrogen and oxygen atoms in total. The maximum atomic E-state index is 13.9. The van der Waals surface area contributed by atoms with Gasteiger partial charge in [-0.3, -0.25) is 0 Å². The van der Waals surface area contributed by atoms with Crippen LogP contribution in [0.5, 0.6) is 0 Å². The van der Waals surface area contributed by atoms with Crippen molar-refractivity contribution in [3.8, 4) is 6.07 Å². The highest BCUT2D eigenvalue weighted by Gasteiger charge is 2.20. The summed E-state index contributed by atoms with van der Waals surface area (Å²) in [5.41, 5.74) is 0.0511. The number of hydrogen-bond acceptors (Lipinski definition) is 3. The zero-order valence-electron chi connectivity index (χ0n) is 10.5. The van der Waals surface area contributed by atoms with E-state index in [1.165, 1.54) is 4.90 Å². The zero-order chi connectivity index (χ0) is 13.7. The van der Waals surface area contributed by atoms with E-state index >= 15 is 0 Å². The summed E-state index contributed by atoms with van der Waals surface area (Å²) in [6.45, 7) is 3.46. The molecule has 0 spiro atoms. The average molecular weight is 254 g/mol. The van der Waals surface area contributed by atoms with Crippen LogP contribution in [-0.2, 0) is 6.61 Å². The second-order valence-electron chi connectivity index (χ2n) is 4.26.